The minimum Gasteiger partial charge on any atom is -0.477 e. The summed E-state index contributed by atoms with van der Waals surface area (Å²) in [6.45, 7) is 3.08. The summed E-state index contributed by atoms with van der Waals surface area (Å²) in [5, 5.41) is 3.05. The first-order valence-corrected chi connectivity index (χ1v) is 14.1. The fraction of sp³-hybridized carbons (Fsp3) is 0.417. The van der Waals surface area contributed by atoms with Crippen molar-refractivity contribution in [1.82, 2.24) is 25.2 Å². The predicted octanol–water partition coefficient (Wildman–Crippen LogP) is 3.33. The van der Waals surface area contributed by atoms with Crippen LogP contribution in [0.2, 0.25) is 0 Å². The van der Waals surface area contributed by atoms with Gasteiger partial charge in [0.05, 0.1) is 35.2 Å². The highest BCUT2D eigenvalue weighted by Crippen LogP contribution is 2.31. The molecule has 2 heterocycles. The summed E-state index contributed by atoms with van der Waals surface area (Å²) in [4.78, 5) is 28.7. The van der Waals surface area contributed by atoms with Crippen LogP contribution in [-0.4, -0.2) is 66.7 Å². The van der Waals surface area contributed by atoms with Crippen LogP contribution < -0.4 is 14.8 Å². The van der Waals surface area contributed by atoms with Crippen molar-refractivity contribution < 1.29 is 17.9 Å². The molecule has 0 spiro atoms. The van der Waals surface area contributed by atoms with Crippen LogP contribution in [-0.2, 0) is 10.0 Å². The highest BCUT2D eigenvalue weighted by Gasteiger charge is 2.35. The van der Waals surface area contributed by atoms with Gasteiger partial charge in [0.2, 0.25) is 15.9 Å². The Morgan fingerprint density at radius 3 is 2.78 bits per heavy atom. The van der Waals surface area contributed by atoms with E-state index < -0.39 is 10.0 Å². The first-order valence-electron chi connectivity index (χ1n) is 11.7. The summed E-state index contributed by atoms with van der Waals surface area (Å²) in [7, 11) is 0.545. The van der Waals surface area contributed by atoms with Gasteiger partial charge in [-0.3, -0.25) is 14.5 Å². The van der Waals surface area contributed by atoms with Crippen molar-refractivity contribution in [3.05, 3.63) is 53.4 Å². The summed E-state index contributed by atoms with van der Waals surface area (Å²) < 4.78 is 32.9. The van der Waals surface area contributed by atoms with Gasteiger partial charge in [0, 0.05) is 11.9 Å². The third-order valence-electron chi connectivity index (χ3n) is 5.54. The van der Waals surface area contributed by atoms with Crippen molar-refractivity contribution in [1.29, 1.82) is 0 Å². The summed E-state index contributed by atoms with van der Waals surface area (Å²) >= 11 is 1.22. The smallest absolute Gasteiger partial charge is 0.280 e. The highest BCUT2D eigenvalue weighted by atomic mass is 32.2. The SMILES string of the molecule is CCOc1cncc(-c2cnc(C(=O)N[C@@H](CCN(C)C)c3cccc(NS(=O)(=O)C4CC4)c3)s2)n1. The largest absolute Gasteiger partial charge is 0.477 e. The number of anilines is 1. The molecule has 3 aromatic rings. The minimum atomic E-state index is -3.38. The lowest BCUT2D eigenvalue weighted by Crippen LogP contribution is -2.31. The number of nitrogens with zero attached hydrogens (tertiary/aromatic N) is 4. The molecule has 1 aromatic carbocycles. The maximum atomic E-state index is 13.1. The molecule has 192 valence electrons. The zero-order valence-electron chi connectivity index (χ0n) is 20.5. The van der Waals surface area contributed by atoms with Crippen molar-refractivity contribution in [3.63, 3.8) is 0 Å². The van der Waals surface area contributed by atoms with Crippen LogP contribution in [0, 0.1) is 0 Å². The van der Waals surface area contributed by atoms with Gasteiger partial charge < -0.3 is 15.0 Å². The fourth-order valence-corrected chi connectivity index (χ4v) is 5.71. The van der Waals surface area contributed by atoms with Gasteiger partial charge in [-0.15, -0.1) is 11.3 Å². The molecule has 1 saturated carbocycles. The van der Waals surface area contributed by atoms with Gasteiger partial charge >= 0.3 is 0 Å². The van der Waals surface area contributed by atoms with E-state index in [0.29, 0.717) is 53.0 Å². The Kier molecular flexibility index (Phi) is 8.17. The van der Waals surface area contributed by atoms with E-state index in [1.807, 2.05) is 32.0 Å². The third kappa shape index (κ3) is 6.77. The van der Waals surface area contributed by atoms with Crippen LogP contribution in [0.15, 0.2) is 42.9 Å². The normalized spacial score (nSPS) is 14.4. The number of hydrogen-bond acceptors (Lipinski definition) is 9. The Morgan fingerprint density at radius 1 is 1.25 bits per heavy atom. The molecule has 10 nitrogen and oxygen atoms in total. The van der Waals surface area contributed by atoms with Crippen molar-refractivity contribution in [2.75, 3.05) is 32.0 Å². The molecule has 0 aliphatic heterocycles. The number of carbonyl (C=O) groups excluding carboxylic acids is 1. The zero-order chi connectivity index (χ0) is 25.7. The summed E-state index contributed by atoms with van der Waals surface area (Å²) in [6, 6.07) is 6.85. The Bertz CT molecular complexity index is 1310. The Balaban J connectivity index is 1.51. The van der Waals surface area contributed by atoms with E-state index in [2.05, 4.69) is 25.0 Å². The molecule has 12 heteroatoms. The number of aromatic nitrogens is 3. The second-order valence-electron chi connectivity index (χ2n) is 8.80. The first-order chi connectivity index (χ1) is 17.2. The van der Waals surface area contributed by atoms with E-state index in [1.54, 1.807) is 30.6 Å². The number of carbonyl (C=O) groups is 1. The first kappa shape index (κ1) is 26.0. The molecular formula is C24H30N6O4S2. The number of amides is 1. The lowest BCUT2D eigenvalue weighted by molar-refractivity contribution is 0.0932. The standard InChI is InChI=1S/C24H30N6O4S2/c1-4-34-22-15-25-13-20(27-22)21-14-26-24(35-21)23(31)28-19(10-11-30(2)3)16-6-5-7-17(12-16)29-36(32,33)18-8-9-18/h5-7,12-15,18-19,29H,4,8-11H2,1-3H3,(H,28,31)/t19-/m0/s1. The number of nitrogens with one attached hydrogen (secondary N) is 2. The van der Waals surface area contributed by atoms with Gasteiger partial charge in [-0.2, -0.15) is 0 Å². The molecule has 1 atom stereocenters. The van der Waals surface area contributed by atoms with Gasteiger partial charge in [0.1, 0.15) is 5.69 Å². The predicted molar refractivity (Wildman–Crippen MR) is 140 cm³/mol. The number of hydrogen-bond donors (Lipinski definition) is 2. The van der Waals surface area contributed by atoms with E-state index in [1.165, 1.54) is 17.5 Å². The minimum absolute atomic E-state index is 0.300. The number of rotatable bonds is 12. The number of sulfonamides is 1. The average molecular weight is 531 g/mol. The summed E-state index contributed by atoms with van der Waals surface area (Å²) in [6.07, 6.45) is 6.75. The molecule has 2 N–H and O–H groups in total. The van der Waals surface area contributed by atoms with E-state index >= 15 is 0 Å². The summed E-state index contributed by atoms with van der Waals surface area (Å²) in [5.41, 5.74) is 1.89. The zero-order valence-corrected chi connectivity index (χ0v) is 22.1. The number of benzene rings is 1. The lowest BCUT2D eigenvalue weighted by atomic mass is 10.0. The summed E-state index contributed by atoms with van der Waals surface area (Å²) in [5.74, 6) is 0.100. The molecule has 0 unspecified atom stereocenters. The monoisotopic (exact) mass is 530 g/mol. The van der Waals surface area contributed by atoms with Gasteiger partial charge in [-0.05, 0) is 64.5 Å². The third-order valence-corrected chi connectivity index (χ3v) is 8.43. The Labute approximate surface area is 215 Å². The Morgan fingerprint density at radius 2 is 2.06 bits per heavy atom. The molecule has 0 saturated heterocycles. The van der Waals surface area contributed by atoms with Crippen molar-refractivity contribution in [3.8, 4) is 16.5 Å². The van der Waals surface area contributed by atoms with Crippen molar-refractivity contribution in [2.24, 2.45) is 0 Å². The molecule has 1 fully saturated rings. The molecule has 2 aromatic heterocycles. The lowest BCUT2D eigenvalue weighted by Gasteiger charge is -2.21. The number of ether oxygens (including phenoxy) is 1. The van der Waals surface area contributed by atoms with E-state index in [4.69, 9.17) is 4.74 Å². The van der Waals surface area contributed by atoms with E-state index in [9.17, 15) is 13.2 Å². The molecule has 0 bridgehead atoms. The quantitative estimate of drug-likeness (QED) is 0.365. The van der Waals surface area contributed by atoms with E-state index in [0.717, 1.165) is 12.1 Å². The Hall–Kier alpha value is -3.09. The number of thiazole rings is 1. The second kappa shape index (κ2) is 11.3. The van der Waals surface area contributed by atoms with Crippen LogP contribution in [0.25, 0.3) is 10.6 Å². The van der Waals surface area contributed by atoms with Gasteiger partial charge in [-0.1, -0.05) is 12.1 Å². The van der Waals surface area contributed by atoms with Crippen molar-refractivity contribution >= 4 is 33.0 Å². The fourth-order valence-electron chi connectivity index (χ4n) is 3.56. The van der Waals surface area contributed by atoms with Gasteiger partial charge in [-0.25, -0.2) is 18.4 Å². The van der Waals surface area contributed by atoms with Gasteiger partial charge in [0.25, 0.3) is 5.91 Å². The molecular weight excluding hydrogens is 500 g/mol. The molecule has 1 aliphatic rings. The molecule has 0 radical (unpaired) electrons. The maximum Gasteiger partial charge on any atom is 0.280 e. The topological polar surface area (TPSA) is 126 Å². The average Bonchev–Trinajstić information content (AvgIpc) is 3.60. The maximum absolute atomic E-state index is 13.1. The second-order valence-corrected chi connectivity index (χ2v) is 11.8. The highest BCUT2D eigenvalue weighted by molar-refractivity contribution is 7.93. The van der Waals surface area contributed by atoms with Gasteiger partial charge in [0.15, 0.2) is 5.01 Å². The molecule has 1 amide bonds. The molecule has 36 heavy (non-hydrogen) atoms. The van der Waals surface area contributed by atoms with Crippen molar-refractivity contribution in [2.45, 2.75) is 37.5 Å². The van der Waals surface area contributed by atoms with Crippen LogP contribution in [0.5, 0.6) is 5.88 Å². The van der Waals surface area contributed by atoms with Crippen LogP contribution >= 0.6 is 11.3 Å². The van der Waals surface area contributed by atoms with E-state index in [-0.39, 0.29) is 17.2 Å². The van der Waals surface area contributed by atoms with Crippen LogP contribution in [0.1, 0.15) is 47.6 Å². The van der Waals surface area contributed by atoms with Crippen LogP contribution in [0.3, 0.4) is 0 Å². The van der Waals surface area contributed by atoms with Crippen LogP contribution in [0.4, 0.5) is 5.69 Å². The molecule has 1 aliphatic carbocycles. The molecule has 4 rings (SSSR count).